The number of nitrogens with zero attached hydrogens (tertiary/aromatic N) is 3. The molecular formula is C16H19N3O3. The van der Waals surface area contributed by atoms with Gasteiger partial charge in [-0.25, -0.2) is 4.99 Å². The van der Waals surface area contributed by atoms with Gasteiger partial charge in [-0.1, -0.05) is 12.1 Å². The molecule has 0 saturated heterocycles. The van der Waals surface area contributed by atoms with Crippen molar-refractivity contribution in [1.82, 2.24) is 4.90 Å². The first-order valence-electron chi connectivity index (χ1n) is 6.85. The van der Waals surface area contributed by atoms with Crippen LogP contribution in [0.2, 0.25) is 0 Å². The molecule has 6 nitrogen and oxygen atoms in total. The predicted octanol–water partition coefficient (Wildman–Crippen LogP) is 1.53. The maximum absolute atomic E-state index is 12.3. The van der Waals surface area contributed by atoms with Crippen molar-refractivity contribution in [3.63, 3.8) is 0 Å². The Bertz CT molecular complexity index is 645. The molecule has 1 amide bonds. The molecule has 0 N–H and O–H groups in total. The Labute approximate surface area is 129 Å². The predicted molar refractivity (Wildman–Crippen MR) is 85.6 cm³/mol. The van der Waals surface area contributed by atoms with Gasteiger partial charge in [0.1, 0.15) is 18.1 Å². The molecule has 0 atom stereocenters. The van der Waals surface area contributed by atoms with Gasteiger partial charge in [-0.05, 0) is 30.7 Å². The first kappa shape index (κ1) is 15.8. The minimum Gasteiger partial charge on any atom is -0.468 e. The van der Waals surface area contributed by atoms with E-state index in [4.69, 9.17) is 0 Å². The summed E-state index contributed by atoms with van der Waals surface area (Å²) in [6.07, 6.45) is 1.71. The third-order valence-corrected chi connectivity index (χ3v) is 3.36. The lowest BCUT2D eigenvalue weighted by molar-refractivity contribution is -0.143. The highest BCUT2D eigenvalue weighted by atomic mass is 16.5. The van der Waals surface area contributed by atoms with Crippen LogP contribution in [-0.4, -0.2) is 50.4 Å². The Morgan fingerprint density at radius 2 is 1.95 bits per heavy atom. The molecule has 0 bridgehead atoms. The number of carbonyl (C=O) groups excluding carboxylic acids is 2. The minimum absolute atomic E-state index is 0.123. The summed E-state index contributed by atoms with van der Waals surface area (Å²) in [4.78, 5) is 31.1. The zero-order valence-electron chi connectivity index (χ0n) is 13.2. The van der Waals surface area contributed by atoms with Crippen molar-refractivity contribution in [1.29, 1.82) is 0 Å². The Morgan fingerprint density at radius 1 is 1.32 bits per heavy atom. The van der Waals surface area contributed by atoms with Crippen LogP contribution in [0, 0.1) is 0 Å². The lowest BCUT2D eigenvalue weighted by Crippen LogP contribution is -2.35. The molecule has 0 spiro atoms. The van der Waals surface area contributed by atoms with Gasteiger partial charge in [0.05, 0.1) is 7.11 Å². The lowest BCUT2D eigenvalue weighted by atomic mass is 10.1. The van der Waals surface area contributed by atoms with E-state index in [9.17, 15) is 9.59 Å². The number of methoxy groups -OCH3 is 1. The highest BCUT2D eigenvalue weighted by molar-refractivity contribution is 6.14. The molecule has 1 aromatic carbocycles. The van der Waals surface area contributed by atoms with E-state index in [0.717, 1.165) is 11.3 Å². The van der Waals surface area contributed by atoms with Gasteiger partial charge < -0.3 is 9.64 Å². The highest BCUT2D eigenvalue weighted by Gasteiger charge is 2.29. The van der Waals surface area contributed by atoms with E-state index in [1.165, 1.54) is 12.0 Å². The molecule has 1 aliphatic heterocycles. The van der Waals surface area contributed by atoms with Crippen LogP contribution < -0.4 is 4.90 Å². The van der Waals surface area contributed by atoms with E-state index in [0.29, 0.717) is 11.5 Å². The number of ether oxygens (including phenoxy) is 1. The van der Waals surface area contributed by atoms with Gasteiger partial charge in [0.25, 0.3) is 5.91 Å². The van der Waals surface area contributed by atoms with Crippen LogP contribution in [0.3, 0.4) is 0 Å². The van der Waals surface area contributed by atoms with Gasteiger partial charge in [-0.2, -0.15) is 0 Å². The molecule has 0 unspecified atom stereocenters. The normalized spacial score (nSPS) is 16.0. The van der Waals surface area contributed by atoms with Crippen molar-refractivity contribution in [3.05, 3.63) is 35.5 Å². The zero-order chi connectivity index (χ0) is 16.3. The molecule has 0 aliphatic carbocycles. The van der Waals surface area contributed by atoms with E-state index in [1.54, 1.807) is 13.0 Å². The monoisotopic (exact) mass is 301 g/mol. The van der Waals surface area contributed by atoms with Gasteiger partial charge in [-0.15, -0.1) is 0 Å². The second-order valence-electron chi connectivity index (χ2n) is 5.14. The topological polar surface area (TPSA) is 62.2 Å². The van der Waals surface area contributed by atoms with Crippen LogP contribution in [0.1, 0.15) is 12.5 Å². The Kier molecular flexibility index (Phi) is 4.60. The number of carbonyl (C=O) groups is 2. The fraction of sp³-hybridized carbons (Fsp3) is 0.312. The van der Waals surface area contributed by atoms with Gasteiger partial charge in [0.2, 0.25) is 0 Å². The number of aliphatic imine (C=N–C) groups is 1. The number of benzene rings is 1. The Morgan fingerprint density at radius 3 is 2.50 bits per heavy atom. The van der Waals surface area contributed by atoms with E-state index < -0.39 is 5.97 Å². The molecule has 0 fully saturated rings. The first-order chi connectivity index (χ1) is 10.4. The zero-order valence-corrected chi connectivity index (χ0v) is 13.2. The Hall–Kier alpha value is -2.63. The van der Waals surface area contributed by atoms with Crippen molar-refractivity contribution >= 4 is 29.5 Å². The van der Waals surface area contributed by atoms with E-state index in [-0.39, 0.29) is 12.5 Å². The van der Waals surface area contributed by atoms with Crippen LogP contribution >= 0.6 is 0 Å². The largest absolute Gasteiger partial charge is 0.468 e. The summed E-state index contributed by atoms with van der Waals surface area (Å²) in [7, 11) is 5.22. The first-order valence-corrected chi connectivity index (χ1v) is 6.85. The Balaban J connectivity index is 2.19. The molecule has 0 saturated carbocycles. The number of hydrogen-bond acceptors (Lipinski definition) is 5. The third kappa shape index (κ3) is 3.33. The van der Waals surface area contributed by atoms with Crippen molar-refractivity contribution in [2.24, 2.45) is 4.99 Å². The number of esters is 1. The molecule has 0 radical (unpaired) electrons. The molecule has 2 rings (SSSR count). The average molecular weight is 301 g/mol. The summed E-state index contributed by atoms with van der Waals surface area (Å²) >= 11 is 0. The molecule has 1 heterocycles. The van der Waals surface area contributed by atoms with E-state index >= 15 is 0 Å². The number of amidine groups is 1. The molecule has 0 aromatic heterocycles. The number of amides is 1. The second kappa shape index (κ2) is 6.43. The van der Waals surface area contributed by atoms with Gasteiger partial charge in [-0.3, -0.25) is 14.5 Å². The number of hydrogen-bond donors (Lipinski definition) is 0. The molecular weight excluding hydrogens is 282 g/mol. The van der Waals surface area contributed by atoms with Crippen molar-refractivity contribution in [3.8, 4) is 0 Å². The summed E-state index contributed by atoms with van der Waals surface area (Å²) in [5.41, 5.74) is 2.27. The maximum atomic E-state index is 12.3. The fourth-order valence-electron chi connectivity index (χ4n) is 2.07. The van der Waals surface area contributed by atoms with Gasteiger partial charge in [0, 0.05) is 19.8 Å². The molecule has 1 aromatic rings. The standard InChI is InChI=1S/C16H19N3O3/c1-11-17-14(16(21)19(11)10-15(20)22-4)9-12-5-7-13(8-6-12)18(2)3/h5-9H,10H2,1-4H3/b14-9-. The molecule has 6 heteroatoms. The van der Waals surface area contributed by atoms with Crippen LogP contribution in [0.4, 0.5) is 5.69 Å². The van der Waals surface area contributed by atoms with E-state index in [2.05, 4.69) is 9.73 Å². The van der Waals surface area contributed by atoms with Crippen molar-refractivity contribution in [2.75, 3.05) is 32.6 Å². The van der Waals surface area contributed by atoms with Crippen LogP contribution in [0.25, 0.3) is 6.08 Å². The SMILES string of the molecule is COC(=O)CN1C(=O)/C(=C/c2ccc(N(C)C)cc2)N=C1C. The van der Waals surface area contributed by atoms with Crippen molar-refractivity contribution in [2.45, 2.75) is 6.92 Å². The van der Waals surface area contributed by atoms with Crippen LogP contribution in [-0.2, 0) is 14.3 Å². The fourth-order valence-corrected chi connectivity index (χ4v) is 2.07. The van der Waals surface area contributed by atoms with Gasteiger partial charge >= 0.3 is 5.97 Å². The van der Waals surface area contributed by atoms with Gasteiger partial charge in [0.15, 0.2) is 0 Å². The van der Waals surface area contributed by atoms with Crippen molar-refractivity contribution < 1.29 is 14.3 Å². The lowest BCUT2D eigenvalue weighted by Gasteiger charge is -2.13. The molecule has 116 valence electrons. The average Bonchev–Trinajstić information content (AvgIpc) is 2.75. The summed E-state index contributed by atoms with van der Waals surface area (Å²) in [5.74, 6) is -0.273. The minimum atomic E-state index is -0.473. The smallest absolute Gasteiger partial charge is 0.325 e. The van der Waals surface area contributed by atoms with E-state index in [1.807, 2.05) is 43.3 Å². The summed E-state index contributed by atoms with van der Waals surface area (Å²) in [6.45, 7) is 1.57. The summed E-state index contributed by atoms with van der Waals surface area (Å²) < 4.78 is 4.59. The molecule has 1 aliphatic rings. The number of rotatable bonds is 4. The quantitative estimate of drug-likeness (QED) is 0.625. The summed E-state index contributed by atoms with van der Waals surface area (Å²) in [5, 5.41) is 0. The van der Waals surface area contributed by atoms with Crippen LogP contribution in [0.15, 0.2) is 35.0 Å². The summed E-state index contributed by atoms with van der Waals surface area (Å²) in [6, 6.07) is 7.77. The maximum Gasteiger partial charge on any atom is 0.325 e. The number of anilines is 1. The highest BCUT2D eigenvalue weighted by Crippen LogP contribution is 2.20. The second-order valence-corrected chi connectivity index (χ2v) is 5.14. The third-order valence-electron chi connectivity index (χ3n) is 3.36. The molecule has 22 heavy (non-hydrogen) atoms. The van der Waals surface area contributed by atoms with Crippen LogP contribution in [0.5, 0.6) is 0 Å².